The molecule has 0 amide bonds. The summed E-state index contributed by atoms with van der Waals surface area (Å²) in [5.74, 6) is -0.220. The third-order valence-corrected chi connectivity index (χ3v) is 3.08. The van der Waals surface area contributed by atoms with Crippen molar-refractivity contribution >= 4 is 0 Å². The Kier molecular flexibility index (Phi) is 2.72. The van der Waals surface area contributed by atoms with Crippen LogP contribution in [0.4, 0.5) is 0 Å². The van der Waals surface area contributed by atoms with Gasteiger partial charge in [-0.05, 0) is 34.9 Å². The number of benzene rings is 2. The maximum Gasteiger partial charge on any atom is 0.158 e. The second-order valence-corrected chi connectivity index (χ2v) is 4.37. The molecule has 3 aromatic rings. The molecule has 0 fully saturated rings. The highest BCUT2D eigenvalue weighted by Crippen LogP contribution is 2.32. The second kappa shape index (κ2) is 4.53. The van der Waals surface area contributed by atoms with Crippen LogP contribution in [0.3, 0.4) is 0 Å². The second-order valence-electron chi connectivity index (χ2n) is 4.37. The Morgan fingerprint density at radius 2 is 1.47 bits per heavy atom. The van der Waals surface area contributed by atoms with Crippen molar-refractivity contribution in [2.24, 2.45) is 0 Å². The fourth-order valence-electron chi connectivity index (χ4n) is 2.05. The van der Waals surface area contributed by atoms with Crippen molar-refractivity contribution in [1.82, 2.24) is 4.98 Å². The molecule has 0 aliphatic carbocycles. The molecule has 0 atom stereocenters. The van der Waals surface area contributed by atoms with Gasteiger partial charge in [-0.25, -0.2) is 0 Å². The number of hydrogen-bond acceptors (Lipinski definition) is 2. The van der Waals surface area contributed by atoms with E-state index in [1.54, 1.807) is 12.1 Å². The van der Waals surface area contributed by atoms with Crippen molar-refractivity contribution < 1.29 is 10.2 Å². The lowest BCUT2D eigenvalue weighted by Gasteiger charge is -2.00. The molecule has 19 heavy (non-hydrogen) atoms. The molecule has 0 spiro atoms. The van der Waals surface area contributed by atoms with Crippen molar-refractivity contribution in [3.8, 4) is 33.9 Å². The van der Waals surface area contributed by atoms with Crippen molar-refractivity contribution in [3.05, 3.63) is 60.8 Å². The number of phenolic OH excluding ortho intramolecular Hbond substituents is 2. The van der Waals surface area contributed by atoms with Crippen LogP contribution in [-0.2, 0) is 0 Å². The quantitative estimate of drug-likeness (QED) is 0.607. The van der Waals surface area contributed by atoms with E-state index < -0.39 is 0 Å². The molecule has 1 heterocycles. The van der Waals surface area contributed by atoms with Crippen LogP contribution < -0.4 is 0 Å². The predicted molar refractivity (Wildman–Crippen MR) is 75.0 cm³/mol. The fraction of sp³-hybridized carbons (Fsp3) is 0. The first-order valence-corrected chi connectivity index (χ1v) is 6.00. The lowest BCUT2D eigenvalue weighted by Crippen LogP contribution is -1.75. The molecule has 0 aliphatic rings. The van der Waals surface area contributed by atoms with Gasteiger partial charge < -0.3 is 15.2 Å². The van der Waals surface area contributed by atoms with Crippen LogP contribution in [0.5, 0.6) is 11.5 Å². The minimum absolute atomic E-state index is 0.109. The monoisotopic (exact) mass is 251 g/mol. The standard InChI is InChI=1S/C16H13NO2/c18-15-7-6-12(9-16(15)19)13-8-14(17-10-13)11-4-2-1-3-5-11/h1-10,17-19H. The predicted octanol–water partition coefficient (Wildman–Crippen LogP) is 3.76. The van der Waals surface area contributed by atoms with Gasteiger partial charge in [0.05, 0.1) is 0 Å². The Labute approximate surface area is 110 Å². The minimum atomic E-state index is -0.111. The van der Waals surface area contributed by atoms with Crippen LogP contribution in [0.2, 0.25) is 0 Å². The number of H-pyrrole nitrogens is 1. The summed E-state index contributed by atoms with van der Waals surface area (Å²) in [4.78, 5) is 3.21. The number of hydrogen-bond donors (Lipinski definition) is 3. The summed E-state index contributed by atoms with van der Waals surface area (Å²) in [6.45, 7) is 0. The number of aromatic hydroxyl groups is 2. The third kappa shape index (κ3) is 2.18. The summed E-state index contributed by atoms with van der Waals surface area (Å²) in [6.07, 6.45) is 1.88. The number of rotatable bonds is 2. The molecule has 94 valence electrons. The van der Waals surface area contributed by atoms with Gasteiger partial charge in [0, 0.05) is 11.9 Å². The van der Waals surface area contributed by atoms with E-state index in [9.17, 15) is 10.2 Å². The molecule has 3 N–H and O–H groups in total. The third-order valence-electron chi connectivity index (χ3n) is 3.08. The molecule has 3 rings (SSSR count). The molecular formula is C16H13NO2. The van der Waals surface area contributed by atoms with E-state index in [0.717, 1.165) is 22.4 Å². The maximum atomic E-state index is 9.53. The van der Waals surface area contributed by atoms with Gasteiger partial charge in [0.2, 0.25) is 0 Å². The fourth-order valence-corrected chi connectivity index (χ4v) is 2.05. The Morgan fingerprint density at radius 3 is 2.21 bits per heavy atom. The van der Waals surface area contributed by atoms with Crippen LogP contribution in [-0.4, -0.2) is 15.2 Å². The van der Waals surface area contributed by atoms with E-state index >= 15 is 0 Å². The Bertz CT molecular complexity index is 702. The first-order valence-electron chi connectivity index (χ1n) is 6.00. The van der Waals surface area contributed by atoms with Gasteiger partial charge in [-0.3, -0.25) is 0 Å². The lowest BCUT2D eigenvalue weighted by molar-refractivity contribution is 0.404. The zero-order chi connectivity index (χ0) is 13.2. The SMILES string of the molecule is Oc1ccc(-c2c[nH]c(-c3ccccc3)c2)cc1O. The van der Waals surface area contributed by atoms with Gasteiger partial charge >= 0.3 is 0 Å². The summed E-state index contributed by atoms with van der Waals surface area (Å²) in [6, 6.07) is 16.8. The Morgan fingerprint density at radius 1 is 0.684 bits per heavy atom. The Balaban J connectivity index is 1.99. The van der Waals surface area contributed by atoms with E-state index in [0.29, 0.717) is 0 Å². The highest BCUT2D eigenvalue weighted by Gasteiger charge is 2.06. The number of phenols is 2. The molecule has 2 aromatic carbocycles. The molecule has 1 aromatic heterocycles. The first-order chi connectivity index (χ1) is 9.24. The minimum Gasteiger partial charge on any atom is -0.504 e. The van der Waals surface area contributed by atoms with Crippen LogP contribution in [0.1, 0.15) is 0 Å². The Hall–Kier alpha value is -2.68. The van der Waals surface area contributed by atoms with Crippen LogP contribution in [0, 0.1) is 0 Å². The van der Waals surface area contributed by atoms with E-state index in [4.69, 9.17) is 0 Å². The molecule has 0 unspecified atom stereocenters. The average molecular weight is 251 g/mol. The van der Waals surface area contributed by atoms with Gasteiger partial charge in [-0.15, -0.1) is 0 Å². The van der Waals surface area contributed by atoms with Crippen molar-refractivity contribution in [3.63, 3.8) is 0 Å². The van der Waals surface area contributed by atoms with E-state index in [1.165, 1.54) is 6.07 Å². The number of aromatic nitrogens is 1. The van der Waals surface area contributed by atoms with Gasteiger partial charge in [0.25, 0.3) is 0 Å². The highest BCUT2D eigenvalue weighted by atomic mass is 16.3. The normalized spacial score (nSPS) is 10.5. The van der Waals surface area contributed by atoms with Crippen LogP contribution in [0.15, 0.2) is 60.8 Å². The summed E-state index contributed by atoms with van der Waals surface area (Å²) < 4.78 is 0. The lowest BCUT2D eigenvalue weighted by atomic mass is 10.1. The molecule has 0 aliphatic heterocycles. The van der Waals surface area contributed by atoms with Gasteiger partial charge in [0.1, 0.15) is 0 Å². The molecule has 0 bridgehead atoms. The molecule has 0 saturated heterocycles. The van der Waals surface area contributed by atoms with Crippen LogP contribution in [0.25, 0.3) is 22.4 Å². The number of nitrogens with one attached hydrogen (secondary N) is 1. The largest absolute Gasteiger partial charge is 0.504 e. The molecule has 3 nitrogen and oxygen atoms in total. The topological polar surface area (TPSA) is 56.2 Å². The zero-order valence-electron chi connectivity index (χ0n) is 10.2. The maximum absolute atomic E-state index is 9.53. The van der Waals surface area contributed by atoms with Gasteiger partial charge in [-0.1, -0.05) is 36.4 Å². The van der Waals surface area contributed by atoms with Crippen molar-refractivity contribution in [2.75, 3.05) is 0 Å². The summed E-state index contributed by atoms with van der Waals surface area (Å²) >= 11 is 0. The smallest absolute Gasteiger partial charge is 0.158 e. The average Bonchev–Trinajstić information content (AvgIpc) is 2.93. The highest BCUT2D eigenvalue weighted by molar-refractivity contribution is 5.72. The summed E-state index contributed by atoms with van der Waals surface area (Å²) in [7, 11) is 0. The summed E-state index contributed by atoms with van der Waals surface area (Å²) in [5.41, 5.74) is 3.95. The van der Waals surface area contributed by atoms with Crippen LogP contribution >= 0.6 is 0 Å². The van der Waals surface area contributed by atoms with E-state index in [2.05, 4.69) is 4.98 Å². The zero-order valence-corrected chi connectivity index (χ0v) is 10.2. The van der Waals surface area contributed by atoms with E-state index in [-0.39, 0.29) is 11.5 Å². The van der Waals surface area contributed by atoms with Crippen molar-refractivity contribution in [1.29, 1.82) is 0 Å². The number of aromatic amines is 1. The van der Waals surface area contributed by atoms with Crippen molar-refractivity contribution in [2.45, 2.75) is 0 Å². The summed E-state index contributed by atoms with van der Waals surface area (Å²) in [5, 5.41) is 18.8. The molecule has 3 heteroatoms. The van der Waals surface area contributed by atoms with Gasteiger partial charge in [0.15, 0.2) is 11.5 Å². The van der Waals surface area contributed by atoms with Gasteiger partial charge in [-0.2, -0.15) is 0 Å². The molecular weight excluding hydrogens is 238 g/mol. The first kappa shape index (κ1) is 11.4. The molecule has 0 radical (unpaired) electrons. The van der Waals surface area contributed by atoms with E-state index in [1.807, 2.05) is 42.6 Å². The molecule has 0 saturated carbocycles.